The Morgan fingerprint density at radius 2 is 2.06 bits per heavy atom. The predicted octanol–water partition coefficient (Wildman–Crippen LogP) is 3.99. The number of halogens is 1. The summed E-state index contributed by atoms with van der Waals surface area (Å²) in [6, 6.07) is 2.61. The molecule has 1 aliphatic carbocycles. The van der Waals surface area contributed by atoms with Gasteiger partial charge in [-0.05, 0) is 37.7 Å². The highest BCUT2D eigenvalue weighted by molar-refractivity contribution is 7.88. The van der Waals surface area contributed by atoms with E-state index in [0.717, 1.165) is 43.2 Å². The SMILES string of the molecule is Cc1nocc1CN[C@H](c1nc2c(F)c(C3COCCN3S(C)(=O)=O)ccc2[nH]1)[C@H]1CC[C@H](C)CC1. The second-order valence-corrected chi connectivity index (χ2v) is 12.2. The second kappa shape index (κ2) is 10.2. The number of hydrogen-bond donors (Lipinski definition) is 2. The summed E-state index contributed by atoms with van der Waals surface area (Å²) in [7, 11) is -3.52. The molecular weight excluding hydrogens is 485 g/mol. The zero-order chi connectivity index (χ0) is 25.4. The summed E-state index contributed by atoms with van der Waals surface area (Å²) < 4.78 is 52.4. The maximum atomic E-state index is 15.8. The van der Waals surface area contributed by atoms with E-state index < -0.39 is 21.9 Å². The number of nitrogens with one attached hydrogen (secondary N) is 2. The summed E-state index contributed by atoms with van der Waals surface area (Å²) in [6.45, 7) is 5.35. The Kier molecular flexibility index (Phi) is 7.17. The van der Waals surface area contributed by atoms with E-state index in [0.29, 0.717) is 36.3 Å². The van der Waals surface area contributed by atoms with E-state index in [1.165, 1.54) is 4.31 Å². The minimum atomic E-state index is -3.52. The highest BCUT2D eigenvalue weighted by Crippen LogP contribution is 2.38. The van der Waals surface area contributed by atoms with Gasteiger partial charge >= 0.3 is 0 Å². The van der Waals surface area contributed by atoms with E-state index in [-0.39, 0.29) is 30.3 Å². The van der Waals surface area contributed by atoms with Crippen LogP contribution in [0.25, 0.3) is 11.0 Å². The first-order chi connectivity index (χ1) is 17.2. The van der Waals surface area contributed by atoms with Gasteiger partial charge in [0.1, 0.15) is 17.6 Å². The molecule has 36 heavy (non-hydrogen) atoms. The largest absolute Gasteiger partial charge is 0.378 e. The zero-order valence-corrected chi connectivity index (χ0v) is 21.8. The number of aromatic amines is 1. The van der Waals surface area contributed by atoms with Crippen molar-refractivity contribution in [3.05, 3.63) is 46.9 Å². The number of ether oxygens (including phenoxy) is 1. The lowest BCUT2D eigenvalue weighted by molar-refractivity contribution is 0.0312. The lowest BCUT2D eigenvalue weighted by atomic mass is 9.79. The van der Waals surface area contributed by atoms with Crippen LogP contribution >= 0.6 is 0 Å². The van der Waals surface area contributed by atoms with Crippen molar-refractivity contribution in [1.82, 2.24) is 24.7 Å². The molecule has 0 bridgehead atoms. The first-order valence-electron chi connectivity index (χ1n) is 12.6. The number of imidazole rings is 1. The van der Waals surface area contributed by atoms with Crippen molar-refractivity contribution in [2.24, 2.45) is 11.8 Å². The van der Waals surface area contributed by atoms with Crippen LogP contribution in [0.2, 0.25) is 0 Å². The van der Waals surface area contributed by atoms with E-state index >= 15 is 4.39 Å². The number of morpholine rings is 1. The lowest BCUT2D eigenvalue weighted by Gasteiger charge is -2.33. The number of rotatable bonds is 7. The zero-order valence-electron chi connectivity index (χ0n) is 21.0. The number of aromatic nitrogens is 3. The van der Waals surface area contributed by atoms with Gasteiger partial charge in [-0.2, -0.15) is 4.31 Å². The molecule has 1 aromatic carbocycles. The fourth-order valence-corrected chi connectivity index (χ4v) is 6.56. The van der Waals surface area contributed by atoms with Crippen LogP contribution in [-0.4, -0.2) is 53.9 Å². The molecule has 196 valence electrons. The number of H-pyrrole nitrogens is 1. The highest BCUT2D eigenvalue weighted by atomic mass is 32.2. The van der Waals surface area contributed by atoms with Gasteiger partial charge in [-0.15, -0.1) is 0 Å². The molecule has 1 saturated heterocycles. The molecule has 0 spiro atoms. The third kappa shape index (κ3) is 5.06. The average Bonchev–Trinajstić information content (AvgIpc) is 3.47. The molecule has 1 unspecified atom stereocenters. The number of sulfonamides is 1. The van der Waals surface area contributed by atoms with E-state index in [2.05, 4.69) is 22.4 Å². The van der Waals surface area contributed by atoms with Crippen LogP contribution in [0, 0.1) is 24.6 Å². The van der Waals surface area contributed by atoms with Gasteiger partial charge in [-0.3, -0.25) is 0 Å². The summed E-state index contributed by atoms with van der Waals surface area (Å²) in [5, 5.41) is 7.59. The minimum Gasteiger partial charge on any atom is -0.378 e. The van der Waals surface area contributed by atoms with Gasteiger partial charge in [0.05, 0.1) is 42.8 Å². The van der Waals surface area contributed by atoms with Crippen molar-refractivity contribution in [2.45, 2.75) is 58.2 Å². The second-order valence-electron chi connectivity index (χ2n) is 10.3. The van der Waals surface area contributed by atoms with Gasteiger partial charge < -0.3 is 19.6 Å². The first-order valence-corrected chi connectivity index (χ1v) is 14.4. The van der Waals surface area contributed by atoms with Gasteiger partial charge in [0.15, 0.2) is 5.82 Å². The molecule has 5 rings (SSSR count). The summed E-state index contributed by atoms with van der Waals surface area (Å²) >= 11 is 0. The third-order valence-electron chi connectivity index (χ3n) is 7.69. The Hall–Kier alpha value is -2.34. The maximum Gasteiger partial charge on any atom is 0.211 e. The van der Waals surface area contributed by atoms with Crippen molar-refractivity contribution in [3.63, 3.8) is 0 Å². The van der Waals surface area contributed by atoms with Crippen LogP contribution in [0.15, 0.2) is 22.9 Å². The van der Waals surface area contributed by atoms with E-state index in [1.54, 1.807) is 18.4 Å². The Morgan fingerprint density at radius 3 is 2.75 bits per heavy atom. The third-order valence-corrected chi connectivity index (χ3v) is 8.98. The molecule has 9 nitrogen and oxygen atoms in total. The highest BCUT2D eigenvalue weighted by Gasteiger charge is 2.35. The van der Waals surface area contributed by atoms with Crippen LogP contribution in [0.4, 0.5) is 4.39 Å². The van der Waals surface area contributed by atoms with Gasteiger partial charge in [0, 0.05) is 24.2 Å². The number of benzene rings is 1. The Balaban J connectivity index is 1.48. The van der Waals surface area contributed by atoms with Crippen LogP contribution in [0.3, 0.4) is 0 Å². The van der Waals surface area contributed by atoms with Crippen LogP contribution in [-0.2, 0) is 21.3 Å². The van der Waals surface area contributed by atoms with Crippen LogP contribution < -0.4 is 5.32 Å². The molecule has 2 aliphatic rings. The molecule has 2 atom stereocenters. The normalized spacial score (nSPS) is 24.8. The molecule has 2 N–H and O–H groups in total. The van der Waals surface area contributed by atoms with E-state index in [9.17, 15) is 8.42 Å². The molecule has 2 fully saturated rings. The van der Waals surface area contributed by atoms with E-state index in [4.69, 9.17) is 14.2 Å². The van der Waals surface area contributed by atoms with Crippen molar-refractivity contribution >= 4 is 21.1 Å². The molecule has 3 heterocycles. The number of fused-ring (bicyclic) bond motifs is 1. The first kappa shape index (κ1) is 25.3. The molecular formula is C25H34FN5O4S. The molecule has 1 aliphatic heterocycles. The molecule has 0 amide bonds. The number of aryl methyl sites for hydroxylation is 1. The van der Waals surface area contributed by atoms with Gasteiger partial charge in [-0.1, -0.05) is 31.0 Å². The quantitative estimate of drug-likeness (QED) is 0.485. The topological polar surface area (TPSA) is 113 Å². The summed E-state index contributed by atoms with van der Waals surface area (Å²) in [4.78, 5) is 8.08. The summed E-state index contributed by atoms with van der Waals surface area (Å²) in [5.74, 6) is 1.24. The Labute approximate surface area is 210 Å². The van der Waals surface area contributed by atoms with Crippen LogP contribution in [0.1, 0.15) is 67.3 Å². The van der Waals surface area contributed by atoms with Crippen molar-refractivity contribution in [2.75, 3.05) is 26.0 Å². The average molecular weight is 520 g/mol. The fourth-order valence-electron chi connectivity index (χ4n) is 5.52. The maximum absolute atomic E-state index is 15.8. The van der Waals surface area contributed by atoms with Gasteiger partial charge in [-0.25, -0.2) is 17.8 Å². The van der Waals surface area contributed by atoms with Crippen LogP contribution in [0.5, 0.6) is 0 Å². The van der Waals surface area contributed by atoms with Crippen molar-refractivity contribution < 1.29 is 22.1 Å². The Bertz CT molecular complexity index is 1320. The fraction of sp³-hybridized carbons (Fsp3) is 0.600. The predicted molar refractivity (Wildman–Crippen MR) is 133 cm³/mol. The van der Waals surface area contributed by atoms with Gasteiger partial charge in [0.2, 0.25) is 10.0 Å². The molecule has 11 heteroatoms. The minimum absolute atomic E-state index is 0.0902. The smallest absolute Gasteiger partial charge is 0.211 e. The Morgan fingerprint density at radius 1 is 1.28 bits per heavy atom. The van der Waals surface area contributed by atoms with Crippen molar-refractivity contribution in [1.29, 1.82) is 0 Å². The molecule has 2 aromatic heterocycles. The number of hydrogen-bond acceptors (Lipinski definition) is 7. The summed E-state index contributed by atoms with van der Waals surface area (Å²) in [5.41, 5.74) is 2.90. The lowest BCUT2D eigenvalue weighted by Crippen LogP contribution is -2.43. The molecule has 1 saturated carbocycles. The molecule has 0 radical (unpaired) electrons. The number of nitrogens with zero attached hydrogens (tertiary/aromatic N) is 3. The van der Waals surface area contributed by atoms with Crippen molar-refractivity contribution in [3.8, 4) is 0 Å². The van der Waals surface area contributed by atoms with E-state index in [1.807, 2.05) is 6.92 Å². The standard InChI is InChI=1S/C25H34FN5O4S/c1-15-4-6-17(7-5-15)23(27-12-18-13-35-30-16(18)2)25-28-20-9-8-19(22(26)24(20)29-25)21-14-34-11-10-31(21)36(3,32)33/h8-9,13,15,17,21,23,27H,4-7,10-12,14H2,1-3H3,(H,28,29)/t15-,17-,21?,23-/m0/s1. The molecule has 3 aromatic rings. The van der Waals surface area contributed by atoms with Gasteiger partial charge in [0.25, 0.3) is 0 Å². The monoisotopic (exact) mass is 519 g/mol. The summed E-state index contributed by atoms with van der Waals surface area (Å²) in [6.07, 6.45) is 7.22.